The fourth-order valence-corrected chi connectivity index (χ4v) is 2.47. The van der Waals surface area contributed by atoms with Gasteiger partial charge in [0.25, 0.3) is 5.91 Å². The van der Waals surface area contributed by atoms with Gasteiger partial charge < -0.3 is 10.4 Å². The van der Waals surface area contributed by atoms with Gasteiger partial charge in [-0.25, -0.2) is 0 Å². The molecule has 0 unspecified atom stereocenters. The molecule has 0 atom stereocenters. The zero-order valence-corrected chi connectivity index (χ0v) is 10.2. The SMILES string of the molecule is Cc1cccc(C(=O)NC2(CO)CCCC2)c1. The smallest absolute Gasteiger partial charge is 0.251 e. The van der Waals surface area contributed by atoms with Crippen LogP contribution < -0.4 is 5.32 Å². The highest BCUT2D eigenvalue weighted by molar-refractivity contribution is 5.94. The summed E-state index contributed by atoms with van der Waals surface area (Å²) in [6, 6.07) is 7.52. The Morgan fingerprint density at radius 3 is 2.71 bits per heavy atom. The van der Waals surface area contributed by atoms with E-state index < -0.39 is 0 Å². The largest absolute Gasteiger partial charge is 0.394 e. The first kappa shape index (κ1) is 12.1. The van der Waals surface area contributed by atoms with Crippen molar-refractivity contribution in [3.05, 3.63) is 35.4 Å². The van der Waals surface area contributed by atoms with Crippen LogP contribution in [-0.2, 0) is 0 Å². The number of rotatable bonds is 3. The van der Waals surface area contributed by atoms with Gasteiger partial charge in [0.05, 0.1) is 12.1 Å². The van der Waals surface area contributed by atoms with Crippen LogP contribution in [0.3, 0.4) is 0 Å². The summed E-state index contributed by atoms with van der Waals surface area (Å²) in [5, 5.41) is 12.4. The van der Waals surface area contributed by atoms with Crippen LogP contribution >= 0.6 is 0 Å². The molecular formula is C14H19NO2. The van der Waals surface area contributed by atoms with E-state index in [0.717, 1.165) is 31.2 Å². The second-order valence-electron chi connectivity index (χ2n) is 4.97. The summed E-state index contributed by atoms with van der Waals surface area (Å²) < 4.78 is 0. The topological polar surface area (TPSA) is 49.3 Å². The summed E-state index contributed by atoms with van der Waals surface area (Å²) in [5.74, 6) is -0.0790. The number of amides is 1. The monoisotopic (exact) mass is 233 g/mol. The Labute approximate surface area is 102 Å². The Hall–Kier alpha value is -1.35. The van der Waals surface area contributed by atoms with Gasteiger partial charge in [0.1, 0.15) is 0 Å². The van der Waals surface area contributed by atoms with Crippen molar-refractivity contribution in [1.29, 1.82) is 0 Å². The van der Waals surface area contributed by atoms with E-state index in [-0.39, 0.29) is 18.1 Å². The lowest BCUT2D eigenvalue weighted by atomic mass is 9.98. The first-order valence-corrected chi connectivity index (χ1v) is 6.15. The molecule has 1 aliphatic carbocycles. The molecule has 0 bridgehead atoms. The Morgan fingerprint density at radius 1 is 1.41 bits per heavy atom. The lowest BCUT2D eigenvalue weighted by Crippen LogP contribution is -2.49. The number of aliphatic hydroxyl groups excluding tert-OH is 1. The highest BCUT2D eigenvalue weighted by Gasteiger charge is 2.34. The first-order valence-electron chi connectivity index (χ1n) is 6.15. The van der Waals surface area contributed by atoms with E-state index in [0.29, 0.717) is 5.56 Å². The van der Waals surface area contributed by atoms with Crippen LogP contribution in [0.15, 0.2) is 24.3 Å². The van der Waals surface area contributed by atoms with E-state index in [4.69, 9.17) is 0 Å². The molecule has 1 aliphatic rings. The Kier molecular flexibility index (Phi) is 3.48. The highest BCUT2D eigenvalue weighted by atomic mass is 16.3. The van der Waals surface area contributed by atoms with Gasteiger partial charge in [-0.15, -0.1) is 0 Å². The minimum Gasteiger partial charge on any atom is -0.394 e. The van der Waals surface area contributed by atoms with Crippen molar-refractivity contribution < 1.29 is 9.90 Å². The van der Waals surface area contributed by atoms with Crippen molar-refractivity contribution in [3.63, 3.8) is 0 Å². The van der Waals surface area contributed by atoms with Gasteiger partial charge in [-0.2, -0.15) is 0 Å². The molecule has 3 heteroatoms. The van der Waals surface area contributed by atoms with Crippen LogP contribution in [0.25, 0.3) is 0 Å². The van der Waals surface area contributed by atoms with Gasteiger partial charge in [0.2, 0.25) is 0 Å². The first-order chi connectivity index (χ1) is 8.15. The Bertz CT molecular complexity index is 408. The molecule has 1 amide bonds. The normalized spacial score (nSPS) is 18.0. The van der Waals surface area contributed by atoms with Crippen LogP contribution in [0.4, 0.5) is 0 Å². The molecule has 3 nitrogen and oxygen atoms in total. The van der Waals surface area contributed by atoms with Gasteiger partial charge in [0, 0.05) is 5.56 Å². The number of aliphatic hydroxyl groups is 1. The molecule has 0 spiro atoms. The summed E-state index contributed by atoms with van der Waals surface area (Å²) >= 11 is 0. The van der Waals surface area contributed by atoms with Crippen molar-refractivity contribution in [3.8, 4) is 0 Å². The Balaban J connectivity index is 2.11. The summed E-state index contributed by atoms with van der Waals surface area (Å²) in [6.45, 7) is 2.00. The predicted octanol–water partition coefficient (Wildman–Crippen LogP) is 2.03. The lowest BCUT2D eigenvalue weighted by molar-refractivity contribution is 0.0838. The van der Waals surface area contributed by atoms with E-state index in [2.05, 4.69) is 5.32 Å². The van der Waals surface area contributed by atoms with Crippen molar-refractivity contribution in [2.24, 2.45) is 0 Å². The maximum atomic E-state index is 12.1. The second kappa shape index (κ2) is 4.88. The molecule has 92 valence electrons. The molecule has 0 aliphatic heterocycles. The van der Waals surface area contributed by atoms with Crippen LogP contribution in [0.5, 0.6) is 0 Å². The van der Waals surface area contributed by atoms with Gasteiger partial charge in [-0.1, -0.05) is 30.5 Å². The van der Waals surface area contributed by atoms with E-state index in [1.165, 1.54) is 0 Å². The van der Waals surface area contributed by atoms with E-state index in [1.54, 1.807) is 0 Å². The van der Waals surface area contributed by atoms with Crippen molar-refractivity contribution in [2.45, 2.75) is 38.1 Å². The molecule has 17 heavy (non-hydrogen) atoms. The molecule has 2 rings (SSSR count). The number of carbonyl (C=O) groups excluding carboxylic acids is 1. The summed E-state index contributed by atoms with van der Waals surface area (Å²) in [7, 11) is 0. The average Bonchev–Trinajstić information content (AvgIpc) is 2.78. The van der Waals surface area contributed by atoms with E-state index in [1.807, 2.05) is 31.2 Å². The third kappa shape index (κ3) is 2.67. The molecule has 0 aromatic heterocycles. The quantitative estimate of drug-likeness (QED) is 0.839. The summed E-state index contributed by atoms with van der Waals surface area (Å²) in [5.41, 5.74) is 1.35. The number of aryl methyl sites for hydroxylation is 1. The van der Waals surface area contributed by atoms with Crippen LogP contribution in [0.2, 0.25) is 0 Å². The molecule has 2 N–H and O–H groups in total. The maximum Gasteiger partial charge on any atom is 0.251 e. The van der Waals surface area contributed by atoms with E-state index >= 15 is 0 Å². The second-order valence-corrected chi connectivity index (χ2v) is 4.97. The van der Waals surface area contributed by atoms with Gasteiger partial charge in [0.15, 0.2) is 0 Å². The molecular weight excluding hydrogens is 214 g/mol. The van der Waals surface area contributed by atoms with Crippen LogP contribution in [0.1, 0.15) is 41.6 Å². The molecule has 1 aromatic carbocycles. The number of hydrogen-bond acceptors (Lipinski definition) is 2. The van der Waals surface area contributed by atoms with E-state index in [9.17, 15) is 9.90 Å². The number of nitrogens with one attached hydrogen (secondary N) is 1. The fraction of sp³-hybridized carbons (Fsp3) is 0.500. The molecule has 0 saturated heterocycles. The van der Waals surface area contributed by atoms with Crippen LogP contribution in [0, 0.1) is 6.92 Å². The molecule has 1 fully saturated rings. The highest BCUT2D eigenvalue weighted by Crippen LogP contribution is 2.29. The predicted molar refractivity (Wildman–Crippen MR) is 66.9 cm³/mol. The third-order valence-corrected chi connectivity index (χ3v) is 3.52. The van der Waals surface area contributed by atoms with Crippen molar-refractivity contribution in [2.75, 3.05) is 6.61 Å². The minimum atomic E-state index is -0.388. The van der Waals surface area contributed by atoms with Crippen LogP contribution in [-0.4, -0.2) is 23.2 Å². The number of benzene rings is 1. The fourth-order valence-electron chi connectivity index (χ4n) is 2.47. The minimum absolute atomic E-state index is 0.0323. The van der Waals surface area contributed by atoms with Gasteiger partial charge in [-0.3, -0.25) is 4.79 Å². The molecule has 1 saturated carbocycles. The standard InChI is InChI=1S/C14H19NO2/c1-11-5-4-6-12(9-11)13(17)15-14(10-16)7-2-3-8-14/h4-6,9,16H,2-3,7-8,10H2,1H3,(H,15,17). The number of carbonyl (C=O) groups is 1. The Morgan fingerprint density at radius 2 is 2.12 bits per heavy atom. The lowest BCUT2D eigenvalue weighted by Gasteiger charge is -2.28. The van der Waals surface area contributed by atoms with Gasteiger partial charge in [-0.05, 0) is 31.9 Å². The average molecular weight is 233 g/mol. The third-order valence-electron chi connectivity index (χ3n) is 3.52. The zero-order chi connectivity index (χ0) is 12.3. The summed E-state index contributed by atoms with van der Waals surface area (Å²) in [4.78, 5) is 12.1. The maximum absolute atomic E-state index is 12.1. The summed E-state index contributed by atoms with van der Waals surface area (Å²) in [6.07, 6.45) is 3.91. The molecule has 1 aromatic rings. The van der Waals surface area contributed by atoms with Crippen molar-refractivity contribution in [1.82, 2.24) is 5.32 Å². The molecule has 0 radical (unpaired) electrons. The molecule has 0 heterocycles. The van der Waals surface area contributed by atoms with Gasteiger partial charge >= 0.3 is 0 Å². The van der Waals surface area contributed by atoms with Crippen molar-refractivity contribution >= 4 is 5.91 Å². The zero-order valence-electron chi connectivity index (χ0n) is 10.2. The number of hydrogen-bond donors (Lipinski definition) is 2.